The third-order valence-electron chi connectivity index (χ3n) is 14.8. The number of Topliss-reactive ketones (excluding diaryl/α,β-unsaturated/α-hetero) is 1. The number of cyclic esters (lactones) is 1. The number of epoxide rings is 1. The van der Waals surface area contributed by atoms with Crippen molar-refractivity contribution in [2.24, 2.45) is 40.4 Å². The molecule has 48 heavy (non-hydrogen) atoms. The number of nitrogens with one attached hydrogen (secondary N) is 2. The van der Waals surface area contributed by atoms with Gasteiger partial charge in [-0.1, -0.05) is 19.4 Å². The van der Waals surface area contributed by atoms with Gasteiger partial charge in [-0.05, 0) is 118 Å². The lowest BCUT2D eigenvalue weighted by molar-refractivity contribution is -0.169. The predicted molar refractivity (Wildman–Crippen MR) is 180 cm³/mol. The van der Waals surface area contributed by atoms with Crippen molar-refractivity contribution in [3.05, 3.63) is 41.1 Å². The van der Waals surface area contributed by atoms with Crippen molar-refractivity contribution in [3.63, 3.8) is 0 Å². The lowest BCUT2D eigenvalue weighted by Crippen LogP contribution is -2.69. The van der Waals surface area contributed by atoms with Gasteiger partial charge in [-0.3, -0.25) is 4.79 Å². The largest absolute Gasteiger partial charge is 0.497 e. The number of methoxy groups -OCH3 is 1. The monoisotopic (exact) mass is 660 g/mol. The maximum Gasteiger partial charge on any atom is 0.336 e. The average molecular weight is 661 g/mol. The number of rotatable bonds is 8. The van der Waals surface area contributed by atoms with E-state index < -0.39 is 17.1 Å². The van der Waals surface area contributed by atoms with Crippen LogP contribution in [0.2, 0.25) is 0 Å². The molecule has 2 aromatic rings. The maximum atomic E-state index is 14.4. The van der Waals surface area contributed by atoms with Gasteiger partial charge < -0.3 is 34.7 Å². The van der Waals surface area contributed by atoms with Gasteiger partial charge >= 0.3 is 5.97 Å². The molecule has 0 bridgehead atoms. The summed E-state index contributed by atoms with van der Waals surface area (Å²) in [4.78, 5) is 30.4. The van der Waals surface area contributed by atoms with Gasteiger partial charge in [-0.25, -0.2) is 4.79 Å². The first kappa shape index (κ1) is 32.5. The second kappa shape index (κ2) is 11.4. The summed E-state index contributed by atoms with van der Waals surface area (Å²) in [6, 6.07) is 5.68. The van der Waals surface area contributed by atoms with Crippen molar-refractivity contribution >= 4 is 22.7 Å². The van der Waals surface area contributed by atoms with Crippen LogP contribution in [0.5, 0.6) is 5.75 Å². The van der Waals surface area contributed by atoms with E-state index in [2.05, 4.69) is 31.1 Å². The summed E-state index contributed by atoms with van der Waals surface area (Å²) in [5, 5.41) is 26.3. The number of fused-ring (bicyclic) bond motifs is 5. The number of aliphatic hydroxyl groups excluding tert-OH is 2. The van der Waals surface area contributed by atoms with Crippen molar-refractivity contribution in [1.82, 2.24) is 10.3 Å². The second-order valence-corrected chi connectivity index (χ2v) is 16.5. The quantitative estimate of drug-likeness (QED) is 0.233. The fourth-order valence-corrected chi connectivity index (χ4v) is 12.1. The molecule has 1 aromatic carbocycles. The summed E-state index contributed by atoms with van der Waals surface area (Å²) in [6.07, 6.45) is 7.87. The number of hydrogen-bond acceptors (Lipinski definition) is 8. The molecule has 12 atom stereocenters. The van der Waals surface area contributed by atoms with Crippen LogP contribution in [0.15, 0.2) is 35.5 Å². The normalized spacial score (nSPS) is 42.5. The predicted octanol–water partition coefficient (Wildman–Crippen LogP) is 4.88. The number of ether oxygens (including phenoxy) is 3. The highest BCUT2D eigenvalue weighted by Crippen LogP contribution is 2.73. The molecule has 6 aliphatic rings. The van der Waals surface area contributed by atoms with Gasteiger partial charge in [-0.2, -0.15) is 0 Å². The Morgan fingerprint density at radius 1 is 1.15 bits per heavy atom. The Balaban J connectivity index is 0.968. The Morgan fingerprint density at radius 2 is 1.96 bits per heavy atom. The van der Waals surface area contributed by atoms with Crippen LogP contribution in [0.3, 0.4) is 0 Å². The minimum absolute atomic E-state index is 0.0972. The number of aliphatic hydroxyl groups is 2. The van der Waals surface area contributed by atoms with Gasteiger partial charge in [0.2, 0.25) is 0 Å². The van der Waals surface area contributed by atoms with Gasteiger partial charge in [-0.15, -0.1) is 0 Å². The molecule has 4 saturated carbocycles. The summed E-state index contributed by atoms with van der Waals surface area (Å²) < 4.78 is 18.0. The fraction of sp³-hybridized carbons (Fsp3) is 0.692. The lowest BCUT2D eigenvalue weighted by atomic mass is 9.43. The molecule has 260 valence electrons. The Labute approximate surface area is 283 Å². The molecular weight excluding hydrogens is 608 g/mol. The highest BCUT2D eigenvalue weighted by atomic mass is 16.6. The zero-order valence-electron chi connectivity index (χ0n) is 29.0. The SMILES string of the molecule is COc1ccc2[nH]cc(CCNC3CC(=O)C4(C)C5CCC6(C)C(C(C)C7CC(C)=C(CO)C(=O)O7)CCC6C5CC5OC54C3O)c2c1. The van der Waals surface area contributed by atoms with E-state index in [-0.39, 0.29) is 53.9 Å². The highest BCUT2D eigenvalue weighted by molar-refractivity contribution is 5.91. The van der Waals surface area contributed by atoms with E-state index in [0.29, 0.717) is 42.7 Å². The minimum Gasteiger partial charge on any atom is -0.497 e. The zero-order chi connectivity index (χ0) is 33.7. The number of H-pyrrole nitrogens is 1. The molecule has 4 aliphatic carbocycles. The molecular formula is C39H52N2O7. The fourth-order valence-electron chi connectivity index (χ4n) is 12.1. The van der Waals surface area contributed by atoms with Crippen molar-refractivity contribution in [1.29, 1.82) is 0 Å². The maximum absolute atomic E-state index is 14.4. The van der Waals surface area contributed by atoms with Gasteiger partial charge in [0.25, 0.3) is 0 Å². The molecule has 0 radical (unpaired) electrons. The van der Waals surface area contributed by atoms with Crippen LogP contribution in [0.4, 0.5) is 0 Å². The zero-order valence-corrected chi connectivity index (χ0v) is 29.0. The van der Waals surface area contributed by atoms with E-state index >= 15 is 0 Å². The Bertz CT molecular complexity index is 1670. The topological polar surface area (TPSA) is 133 Å². The van der Waals surface area contributed by atoms with E-state index in [1.165, 1.54) is 5.56 Å². The highest BCUT2D eigenvalue weighted by Gasteiger charge is 2.82. The first-order valence-corrected chi connectivity index (χ1v) is 18.2. The third kappa shape index (κ3) is 4.42. The molecule has 12 unspecified atom stereocenters. The molecule has 3 heterocycles. The summed E-state index contributed by atoms with van der Waals surface area (Å²) in [5.74, 6) is 2.36. The van der Waals surface area contributed by atoms with Crippen LogP contribution in [0.25, 0.3) is 10.9 Å². The van der Waals surface area contributed by atoms with Crippen LogP contribution >= 0.6 is 0 Å². The summed E-state index contributed by atoms with van der Waals surface area (Å²) in [7, 11) is 1.67. The van der Waals surface area contributed by atoms with Crippen molar-refractivity contribution in [3.8, 4) is 5.75 Å². The summed E-state index contributed by atoms with van der Waals surface area (Å²) in [5.41, 5.74) is 2.18. The first-order valence-electron chi connectivity index (χ1n) is 18.2. The van der Waals surface area contributed by atoms with E-state index in [0.717, 1.165) is 60.8 Å². The smallest absolute Gasteiger partial charge is 0.336 e. The molecule has 2 aliphatic heterocycles. The molecule has 5 fully saturated rings. The number of aromatic amines is 1. The number of aromatic nitrogens is 1. The number of carbonyl (C=O) groups is 2. The lowest BCUT2D eigenvalue weighted by Gasteiger charge is -2.59. The number of esters is 1. The molecule has 9 heteroatoms. The van der Waals surface area contributed by atoms with E-state index in [1.54, 1.807) is 7.11 Å². The summed E-state index contributed by atoms with van der Waals surface area (Å²) >= 11 is 0. The molecule has 1 spiro atoms. The van der Waals surface area contributed by atoms with Crippen LogP contribution in [-0.4, -0.2) is 77.2 Å². The van der Waals surface area contributed by atoms with Gasteiger partial charge in [0.1, 0.15) is 29.3 Å². The average Bonchev–Trinajstić information content (AvgIpc) is 3.51. The van der Waals surface area contributed by atoms with Crippen molar-refractivity contribution in [2.75, 3.05) is 20.3 Å². The Hall–Kier alpha value is -2.72. The first-order chi connectivity index (χ1) is 23.0. The van der Waals surface area contributed by atoms with Crippen LogP contribution in [0.1, 0.15) is 78.2 Å². The number of benzene rings is 1. The number of carbonyl (C=O) groups excluding carboxylic acids is 2. The Kier molecular flexibility index (Phi) is 7.72. The molecule has 1 saturated heterocycles. The van der Waals surface area contributed by atoms with Crippen LogP contribution < -0.4 is 10.1 Å². The minimum atomic E-state index is -0.807. The molecule has 8 rings (SSSR count). The Morgan fingerprint density at radius 3 is 2.71 bits per heavy atom. The van der Waals surface area contributed by atoms with E-state index in [4.69, 9.17) is 14.2 Å². The van der Waals surface area contributed by atoms with Gasteiger partial charge in [0, 0.05) is 36.0 Å². The molecule has 1 aromatic heterocycles. The van der Waals surface area contributed by atoms with Gasteiger partial charge in [0.05, 0.1) is 30.8 Å². The van der Waals surface area contributed by atoms with Crippen molar-refractivity contribution in [2.45, 2.75) is 109 Å². The van der Waals surface area contributed by atoms with Crippen LogP contribution in [-0.2, 0) is 25.5 Å². The number of hydrogen-bond donors (Lipinski definition) is 4. The van der Waals surface area contributed by atoms with Crippen molar-refractivity contribution < 1.29 is 34.0 Å². The summed E-state index contributed by atoms with van der Waals surface area (Å²) in [6.45, 7) is 9.15. The number of ketones is 1. The third-order valence-corrected chi connectivity index (χ3v) is 14.8. The standard InChI is InChI=1S/C39H52N2O7/c1-20-14-32(47-36(45)26(20)19-42)21(2)27-7-8-28-25-16-34-39(48-34)35(44)31(17-33(43)38(39,4)29(25)10-12-37(27,28)3)40-13-11-22-18-41-30-9-6-23(46-5)15-24(22)30/h6,9,15,18,21,25,27-29,31-32,34-35,40-42,44H,7-8,10-14,16-17,19H2,1-5H3. The molecule has 9 nitrogen and oxygen atoms in total. The molecule has 0 amide bonds. The van der Waals surface area contributed by atoms with Crippen LogP contribution in [0, 0.1) is 40.4 Å². The molecule has 4 N–H and O–H groups in total. The second-order valence-electron chi connectivity index (χ2n) is 16.5. The van der Waals surface area contributed by atoms with Gasteiger partial charge in [0.15, 0.2) is 0 Å². The van der Waals surface area contributed by atoms with E-state index in [1.807, 2.05) is 31.3 Å². The van der Waals surface area contributed by atoms with E-state index in [9.17, 15) is 19.8 Å².